The Bertz CT molecular complexity index is 881. The van der Waals surface area contributed by atoms with Crippen molar-refractivity contribution in [1.29, 1.82) is 0 Å². The number of aryl methyl sites for hydroxylation is 2. The monoisotopic (exact) mass is 397 g/mol. The molecule has 0 atom stereocenters. The number of rotatable bonds is 5. The van der Waals surface area contributed by atoms with E-state index < -0.39 is 0 Å². The zero-order valence-electron chi connectivity index (χ0n) is 14.5. The summed E-state index contributed by atoms with van der Waals surface area (Å²) in [5, 5.41) is 11.4. The first-order valence-corrected chi connectivity index (χ1v) is 8.93. The molecule has 0 saturated carbocycles. The number of aromatic nitrogens is 3. The maximum Gasteiger partial charge on any atom is 0.249 e. The Morgan fingerprint density at radius 2 is 1.88 bits per heavy atom. The highest BCUT2D eigenvalue weighted by atomic mass is 79.9. The second-order valence-corrected chi connectivity index (χ2v) is 6.68. The van der Waals surface area contributed by atoms with Crippen molar-refractivity contribution in [3.8, 4) is 0 Å². The van der Waals surface area contributed by atoms with Gasteiger partial charge in [0.15, 0.2) is 5.82 Å². The summed E-state index contributed by atoms with van der Waals surface area (Å²) in [5.74, 6) is 1.22. The molecular weight excluding hydrogens is 378 g/mol. The molecule has 2 aromatic carbocycles. The van der Waals surface area contributed by atoms with Crippen molar-refractivity contribution in [3.63, 3.8) is 0 Å². The lowest BCUT2D eigenvalue weighted by molar-refractivity contribution is 0.921. The number of anilines is 4. The predicted molar refractivity (Wildman–Crippen MR) is 106 cm³/mol. The van der Waals surface area contributed by atoms with Crippen molar-refractivity contribution < 1.29 is 0 Å². The number of hydrogen-bond donors (Lipinski definition) is 1. The number of hydrogen-bond acceptors (Lipinski definition) is 5. The van der Waals surface area contributed by atoms with Gasteiger partial charge in [-0.2, -0.15) is 10.1 Å². The van der Waals surface area contributed by atoms with E-state index in [1.807, 2.05) is 31.2 Å². The highest BCUT2D eigenvalue weighted by Gasteiger charge is 2.11. The van der Waals surface area contributed by atoms with Gasteiger partial charge in [0, 0.05) is 16.7 Å². The quantitative estimate of drug-likeness (QED) is 0.644. The molecule has 0 aliphatic carbocycles. The molecule has 0 aliphatic rings. The van der Waals surface area contributed by atoms with Gasteiger partial charge in [-0.15, -0.1) is 5.10 Å². The Kier molecular flexibility index (Phi) is 5.28. The molecule has 0 fully saturated rings. The van der Waals surface area contributed by atoms with Crippen LogP contribution in [-0.4, -0.2) is 21.7 Å². The standard InChI is InChI=1S/C19H20BrN5/c1-4-25(15-7-5-6-13(2)10-15)18-12-21-24-19(23-18)22-17-9-8-14(3)11-16(17)20/h5-12H,4H2,1-3H3,(H,22,23,24). The summed E-state index contributed by atoms with van der Waals surface area (Å²) in [7, 11) is 0. The maximum absolute atomic E-state index is 4.63. The first-order chi connectivity index (χ1) is 12.1. The molecule has 3 rings (SSSR count). The summed E-state index contributed by atoms with van der Waals surface area (Å²) >= 11 is 3.56. The smallest absolute Gasteiger partial charge is 0.249 e. The van der Waals surface area contributed by atoms with Crippen LogP contribution in [0.15, 0.2) is 53.1 Å². The third-order valence-corrected chi connectivity index (χ3v) is 4.48. The minimum Gasteiger partial charge on any atom is -0.325 e. The first-order valence-electron chi connectivity index (χ1n) is 8.14. The summed E-state index contributed by atoms with van der Waals surface area (Å²) in [4.78, 5) is 6.74. The normalized spacial score (nSPS) is 10.6. The Balaban J connectivity index is 1.90. The lowest BCUT2D eigenvalue weighted by Gasteiger charge is -2.22. The molecule has 1 aromatic heterocycles. The summed E-state index contributed by atoms with van der Waals surface area (Å²) < 4.78 is 0.965. The van der Waals surface area contributed by atoms with Gasteiger partial charge in [-0.25, -0.2) is 0 Å². The van der Waals surface area contributed by atoms with Crippen molar-refractivity contribution in [2.24, 2.45) is 0 Å². The van der Waals surface area contributed by atoms with Crippen LogP contribution < -0.4 is 10.2 Å². The SMILES string of the molecule is CCN(c1cccc(C)c1)c1cnnc(Nc2ccc(C)cc2Br)n1. The fourth-order valence-electron chi connectivity index (χ4n) is 2.59. The van der Waals surface area contributed by atoms with Crippen LogP contribution in [0.5, 0.6) is 0 Å². The van der Waals surface area contributed by atoms with Gasteiger partial charge in [-0.05, 0) is 72.1 Å². The number of nitrogens with one attached hydrogen (secondary N) is 1. The summed E-state index contributed by atoms with van der Waals surface area (Å²) in [6, 6.07) is 14.4. The van der Waals surface area contributed by atoms with Gasteiger partial charge in [-0.1, -0.05) is 18.2 Å². The molecule has 25 heavy (non-hydrogen) atoms. The minimum atomic E-state index is 0.466. The molecular formula is C19H20BrN5. The second kappa shape index (κ2) is 7.61. The van der Waals surface area contributed by atoms with Gasteiger partial charge >= 0.3 is 0 Å². The second-order valence-electron chi connectivity index (χ2n) is 5.83. The summed E-state index contributed by atoms with van der Waals surface area (Å²) in [6.07, 6.45) is 1.68. The summed E-state index contributed by atoms with van der Waals surface area (Å²) in [6.45, 7) is 7.01. The first kappa shape index (κ1) is 17.4. The van der Waals surface area contributed by atoms with Gasteiger partial charge in [0.05, 0.1) is 11.9 Å². The van der Waals surface area contributed by atoms with E-state index in [0.29, 0.717) is 5.95 Å². The minimum absolute atomic E-state index is 0.466. The zero-order chi connectivity index (χ0) is 17.8. The van der Waals surface area contributed by atoms with E-state index in [2.05, 4.69) is 73.4 Å². The van der Waals surface area contributed by atoms with E-state index in [1.54, 1.807) is 6.20 Å². The zero-order valence-corrected chi connectivity index (χ0v) is 16.1. The van der Waals surface area contributed by atoms with Crippen LogP contribution >= 0.6 is 15.9 Å². The molecule has 0 saturated heterocycles. The highest BCUT2D eigenvalue weighted by molar-refractivity contribution is 9.10. The highest BCUT2D eigenvalue weighted by Crippen LogP contribution is 2.27. The van der Waals surface area contributed by atoms with Crippen LogP contribution in [-0.2, 0) is 0 Å². The van der Waals surface area contributed by atoms with Crippen LogP contribution in [0.4, 0.5) is 23.1 Å². The van der Waals surface area contributed by atoms with Crippen molar-refractivity contribution in [2.45, 2.75) is 20.8 Å². The number of halogens is 1. The Morgan fingerprint density at radius 1 is 1.08 bits per heavy atom. The fraction of sp³-hybridized carbons (Fsp3) is 0.211. The van der Waals surface area contributed by atoms with Crippen molar-refractivity contribution in [1.82, 2.24) is 15.2 Å². The van der Waals surface area contributed by atoms with Crippen LogP contribution in [0, 0.1) is 13.8 Å². The van der Waals surface area contributed by atoms with E-state index >= 15 is 0 Å². The molecule has 0 spiro atoms. The van der Waals surface area contributed by atoms with Gasteiger partial charge in [0.1, 0.15) is 0 Å². The van der Waals surface area contributed by atoms with E-state index in [1.165, 1.54) is 11.1 Å². The molecule has 5 nitrogen and oxygen atoms in total. The molecule has 0 amide bonds. The van der Waals surface area contributed by atoms with Crippen molar-refractivity contribution in [2.75, 3.05) is 16.8 Å². The average Bonchev–Trinajstić information content (AvgIpc) is 2.59. The Hall–Kier alpha value is -2.47. The van der Waals surface area contributed by atoms with E-state index in [0.717, 1.165) is 28.2 Å². The molecule has 0 unspecified atom stereocenters. The fourth-order valence-corrected chi connectivity index (χ4v) is 3.18. The molecule has 3 aromatic rings. The van der Waals surface area contributed by atoms with Crippen molar-refractivity contribution in [3.05, 3.63) is 64.3 Å². The van der Waals surface area contributed by atoms with Gasteiger partial charge in [0.2, 0.25) is 5.95 Å². The molecule has 1 heterocycles. The molecule has 6 heteroatoms. The van der Waals surface area contributed by atoms with Crippen molar-refractivity contribution >= 4 is 39.1 Å². The van der Waals surface area contributed by atoms with E-state index in [4.69, 9.17) is 0 Å². The average molecular weight is 398 g/mol. The largest absolute Gasteiger partial charge is 0.325 e. The van der Waals surface area contributed by atoms with Crippen LogP contribution in [0.2, 0.25) is 0 Å². The Morgan fingerprint density at radius 3 is 2.60 bits per heavy atom. The van der Waals surface area contributed by atoms with Crippen LogP contribution in [0.25, 0.3) is 0 Å². The Labute approximate surface area is 156 Å². The predicted octanol–water partition coefficient (Wildman–Crippen LogP) is 5.15. The lowest BCUT2D eigenvalue weighted by Crippen LogP contribution is -2.18. The van der Waals surface area contributed by atoms with E-state index in [-0.39, 0.29) is 0 Å². The van der Waals surface area contributed by atoms with Gasteiger partial charge < -0.3 is 10.2 Å². The van der Waals surface area contributed by atoms with Gasteiger partial charge in [0.25, 0.3) is 0 Å². The van der Waals surface area contributed by atoms with Crippen LogP contribution in [0.3, 0.4) is 0 Å². The maximum atomic E-state index is 4.63. The molecule has 0 radical (unpaired) electrons. The number of nitrogens with zero attached hydrogens (tertiary/aromatic N) is 4. The summed E-state index contributed by atoms with van der Waals surface area (Å²) in [5.41, 5.74) is 4.38. The molecule has 1 N–H and O–H groups in total. The topological polar surface area (TPSA) is 53.9 Å². The van der Waals surface area contributed by atoms with E-state index in [9.17, 15) is 0 Å². The molecule has 0 aliphatic heterocycles. The van der Waals surface area contributed by atoms with Gasteiger partial charge in [-0.3, -0.25) is 0 Å². The number of benzene rings is 2. The van der Waals surface area contributed by atoms with Crippen LogP contribution in [0.1, 0.15) is 18.1 Å². The third-order valence-electron chi connectivity index (χ3n) is 3.82. The lowest BCUT2D eigenvalue weighted by atomic mass is 10.2. The molecule has 128 valence electrons. The third kappa shape index (κ3) is 4.14. The molecule has 0 bridgehead atoms.